The second-order valence-electron chi connectivity index (χ2n) is 12.6. The van der Waals surface area contributed by atoms with E-state index in [-0.39, 0.29) is 48.8 Å². The number of aliphatic hydroxyl groups excluding tert-OH is 3. The number of hydrogen-bond acceptors (Lipinski definition) is 8. The van der Waals surface area contributed by atoms with Gasteiger partial charge < -0.3 is 30.3 Å². The van der Waals surface area contributed by atoms with Gasteiger partial charge in [-0.2, -0.15) is 0 Å². The van der Waals surface area contributed by atoms with Gasteiger partial charge in [-0.15, -0.1) is 0 Å². The number of carbonyl (C=O) groups is 1. The molecule has 5 N–H and O–H groups in total. The third kappa shape index (κ3) is 3.51. The highest BCUT2D eigenvalue weighted by molar-refractivity contribution is 5.85. The van der Waals surface area contributed by atoms with Crippen LogP contribution in [-0.2, 0) is 9.53 Å². The van der Waals surface area contributed by atoms with E-state index in [2.05, 4.69) is 11.9 Å². The lowest BCUT2D eigenvalue weighted by atomic mass is 9.41. The van der Waals surface area contributed by atoms with Crippen molar-refractivity contribution in [2.45, 2.75) is 94.5 Å². The molecule has 196 valence electrons. The van der Waals surface area contributed by atoms with E-state index in [0.29, 0.717) is 38.7 Å². The highest BCUT2D eigenvalue weighted by atomic mass is 16.5. The predicted octanol–water partition coefficient (Wildman–Crippen LogP) is 1.51. The van der Waals surface area contributed by atoms with Crippen molar-refractivity contribution >= 4 is 12.2 Å². The molecule has 1 aliphatic heterocycles. The van der Waals surface area contributed by atoms with E-state index in [1.807, 2.05) is 0 Å². The Kier molecular flexibility index (Phi) is 6.04. The Morgan fingerprint density at radius 2 is 1.80 bits per heavy atom. The number of fused-ring (bicyclic) bond motifs is 5. The minimum atomic E-state index is -1.16. The average Bonchev–Trinajstić information content (AvgIpc) is 3.37. The van der Waals surface area contributed by atoms with Crippen LogP contribution in [0.2, 0.25) is 0 Å². The smallest absolute Gasteiger partial charge is 0.331 e. The second kappa shape index (κ2) is 8.35. The molecule has 4 saturated carbocycles. The normalized spacial score (nSPS) is 47.7. The standard InChI is InChI=1S/C27H41NO7/c1-23(15-29,16-30)28-14-25-8-3-18(31)12-26(25,33)9-5-21-20(25)4-7-24(2)19(6-10-27(21,24)34)17-11-22(32)35-13-17/h11,14,18-21,29-31,33-34H,3-10,12-13,15-16H2,1-2H3/t18-,19+,20-,21+,24+,25-,26-,27-/m0/s1. The molecule has 4 aliphatic carbocycles. The van der Waals surface area contributed by atoms with Gasteiger partial charge in [0.25, 0.3) is 0 Å². The molecule has 0 unspecified atom stereocenters. The van der Waals surface area contributed by atoms with Crippen LogP contribution in [0.3, 0.4) is 0 Å². The average molecular weight is 492 g/mol. The zero-order chi connectivity index (χ0) is 25.3. The van der Waals surface area contributed by atoms with Crippen LogP contribution < -0.4 is 0 Å². The summed E-state index contributed by atoms with van der Waals surface area (Å²) in [7, 11) is 0. The van der Waals surface area contributed by atoms with E-state index in [4.69, 9.17) is 4.74 Å². The fraction of sp³-hybridized carbons (Fsp3) is 0.852. The maximum Gasteiger partial charge on any atom is 0.331 e. The Bertz CT molecular complexity index is 930. The summed E-state index contributed by atoms with van der Waals surface area (Å²) >= 11 is 0. The maximum absolute atomic E-state index is 12.4. The van der Waals surface area contributed by atoms with Crippen LogP contribution in [0.5, 0.6) is 0 Å². The topological polar surface area (TPSA) is 140 Å². The number of cyclic esters (lactones) is 1. The van der Waals surface area contributed by atoms with Crippen LogP contribution in [-0.4, -0.2) is 80.4 Å². The molecule has 0 amide bonds. The van der Waals surface area contributed by atoms with E-state index in [9.17, 15) is 30.3 Å². The molecule has 1 heterocycles. The van der Waals surface area contributed by atoms with E-state index in [0.717, 1.165) is 24.8 Å². The number of esters is 1. The lowest BCUT2D eigenvalue weighted by Crippen LogP contribution is -2.69. The summed E-state index contributed by atoms with van der Waals surface area (Å²) in [6.07, 6.45) is 8.27. The van der Waals surface area contributed by atoms with Crippen LogP contribution in [0.1, 0.15) is 71.6 Å². The first-order valence-electron chi connectivity index (χ1n) is 13.2. The third-order valence-electron chi connectivity index (χ3n) is 10.9. The lowest BCUT2D eigenvalue weighted by Gasteiger charge is -2.65. The van der Waals surface area contributed by atoms with Crippen molar-refractivity contribution in [3.63, 3.8) is 0 Å². The highest BCUT2D eigenvalue weighted by Gasteiger charge is 2.71. The molecule has 0 saturated heterocycles. The molecule has 0 bridgehead atoms. The van der Waals surface area contributed by atoms with Gasteiger partial charge in [-0.3, -0.25) is 4.99 Å². The van der Waals surface area contributed by atoms with Gasteiger partial charge in [0.05, 0.1) is 30.5 Å². The molecule has 4 fully saturated rings. The van der Waals surface area contributed by atoms with Crippen molar-refractivity contribution in [3.05, 3.63) is 11.6 Å². The van der Waals surface area contributed by atoms with Gasteiger partial charge in [-0.05, 0) is 81.6 Å². The summed E-state index contributed by atoms with van der Waals surface area (Å²) in [5.74, 6) is -0.305. The Labute approximate surface area is 207 Å². The number of aliphatic hydroxyl groups is 5. The summed E-state index contributed by atoms with van der Waals surface area (Å²) in [5.41, 5.74) is -3.31. The number of ether oxygens (including phenoxy) is 1. The summed E-state index contributed by atoms with van der Waals surface area (Å²) in [5, 5.41) is 54.6. The van der Waals surface area contributed by atoms with Crippen LogP contribution in [0.25, 0.3) is 0 Å². The van der Waals surface area contributed by atoms with Gasteiger partial charge in [0.2, 0.25) is 0 Å². The van der Waals surface area contributed by atoms with E-state index in [1.54, 1.807) is 19.2 Å². The fourth-order valence-corrected chi connectivity index (χ4v) is 8.76. The first-order chi connectivity index (χ1) is 16.5. The number of carbonyl (C=O) groups excluding carboxylic acids is 1. The van der Waals surface area contributed by atoms with Gasteiger partial charge in [0.15, 0.2) is 0 Å². The zero-order valence-electron chi connectivity index (χ0n) is 20.9. The van der Waals surface area contributed by atoms with E-state index >= 15 is 0 Å². The SMILES string of the molecule is CC(CO)(CO)N=C[C@]12CC[C@H](O)C[C@@]1(O)CC[C@@H]1[C@@H]2CC[C@]2(C)[C@@H](C3=CC(=O)OC3)CC[C@]12O. The lowest BCUT2D eigenvalue weighted by molar-refractivity contribution is -0.237. The molecule has 0 aromatic carbocycles. The fourth-order valence-electron chi connectivity index (χ4n) is 8.76. The molecule has 0 radical (unpaired) electrons. The maximum atomic E-state index is 12.4. The summed E-state index contributed by atoms with van der Waals surface area (Å²) in [4.78, 5) is 16.4. The third-order valence-corrected chi connectivity index (χ3v) is 10.9. The minimum absolute atomic E-state index is 0.0357. The van der Waals surface area contributed by atoms with Gasteiger partial charge in [0.1, 0.15) is 12.1 Å². The summed E-state index contributed by atoms with van der Waals surface area (Å²) in [6.45, 7) is 3.52. The Balaban J connectivity index is 1.54. The van der Waals surface area contributed by atoms with Crippen molar-refractivity contribution in [1.29, 1.82) is 0 Å². The van der Waals surface area contributed by atoms with Crippen molar-refractivity contribution < 1.29 is 35.1 Å². The second-order valence-corrected chi connectivity index (χ2v) is 12.6. The first kappa shape index (κ1) is 25.3. The Morgan fingerprint density at radius 3 is 2.46 bits per heavy atom. The van der Waals surface area contributed by atoms with Crippen molar-refractivity contribution in [2.24, 2.45) is 33.6 Å². The van der Waals surface area contributed by atoms with Gasteiger partial charge in [-0.25, -0.2) is 4.79 Å². The quantitative estimate of drug-likeness (QED) is 0.290. The number of nitrogens with zero attached hydrogens (tertiary/aromatic N) is 1. The number of rotatable bonds is 5. The largest absolute Gasteiger partial charge is 0.458 e. The van der Waals surface area contributed by atoms with Crippen LogP contribution >= 0.6 is 0 Å². The van der Waals surface area contributed by atoms with Crippen LogP contribution in [0, 0.1) is 28.6 Å². The van der Waals surface area contributed by atoms with Crippen molar-refractivity contribution in [3.8, 4) is 0 Å². The monoisotopic (exact) mass is 491 g/mol. The molecule has 0 aromatic rings. The summed E-state index contributed by atoms with van der Waals surface area (Å²) < 4.78 is 5.21. The molecule has 8 atom stereocenters. The highest BCUT2D eigenvalue weighted by Crippen LogP contribution is 2.70. The zero-order valence-corrected chi connectivity index (χ0v) is 20.9. The minimum Gasteiger partial charge on any atom is -0.458 e. The molecule has 0 aromatic heterocycles. The van der Waals surface area contributed by atoms with Crippen LogP contribution in [0.15, 0.2) is 16.6 Å². The van der Waals surface area contributed by atoms with E-state index < -0.39 is 28.3 Å². The number of hydrogen-bond donors (Lipinski definition) is 5. The van der Waals surface area contributed by atoms with Crippen LogP contribution in [0.4, 0.5) is 0 Å². The molecule has 5 rings (SSSR count). The number of aliphatic imine (C=N–C) groups is 1. The molecule has 8 nitrogen and oxygen atoms in total. The van der Waals surface area contributed by atoms with Crippen molar-refractivity contribution in [2.75, 3.05) is 19.8 Å². The Morgan fingerprint density at radius 1 is 1.09 bits per heavy atom. The molecule has 5 aliphatic rings. The molecular formula is C27H41NO7. The Hall–Kier alpha value is -1.32. The summed E-state index contributed by atoms with van der Waals surface area (Å²) in [6, 6.07) is 0. The van der Waals surface area contributed by atoms with Gasteiger partial charge in [0, 0.05) is 29.5 Å². The molecule has 0 spiro atoms. The first-order valence-corrected chi connectivity index (χ1v) is 13.2. The van der Waals surface area contributed by atoms with E-state index in [1.165, 1.54) is 0 Å². The molecule has 8 heteroatoms. The molecule has 35 heavy (non-hydrogen) atoms. The predicted molar refractivity (Wildman–Crippen MR) is 129 cm³/mol. The van der Waals surface area contributed by atoms with Crippen molar-refractivity contribution in [1.82, 2.24) is 0 Å². The van der Waals surface area contributed by atoms with Gasteiger partial charge in [-0.1, -0.05) is 6.92 Å². The van der Waals surface area contributed by atoms with Gasteiger partial charge >= 0.3 is 5.97 Å². The molecular weight excluding hydrogens is 450 g/mol.